The first kappa shape index (κ1) is 11.8. The highest BCUT2D eigenvalue weighted by Gasteiger charge is 2.41. The van der Waals surface area contributed by atoms with Gasteiger partial charge < -0.3 is 4.90 Å². The Balaban J connectivity index is 4.41. The van der Waals surface area contributed by atoms with E-state index in [4.69, 9.17) is 5.26 Å². The van der Waals surface area contributed by atoms with Crippen molar-refractivity contribution >= 4 is 5.91 Å². The van der Waals surface area contributed by atoms with E-state index in [9.17, 15) is 13.6 Å². The minimum absolute atomic E-state index is 0.722. The molecule has 13 heavy (non-hydrogen) atoms. The van der Waals surface area contributed by atoms with Crippen molar-refractivity contribution in [1.82, 2.24) is 4.90 Å². The van der Waals surface area contributed by atoms with Crippen molar-refractivity contribution in [3.05, 3.63) is 0 Å². The lowest BCUT2D eigenvalue weighted by atomic mass is 10.0. The van der Waals surface area contributed by atoms with E-state index < -0.39 is 24.2 Å². The van der Waals surface area contributed by atoms with Crippen LogP contribution in [0.2, 0.25) is 0 Å². The molecule has 0 saturated heterocycles. The average molecular weight is 190 g/mol. The SMILES string of the molecule is CC(C#N)CC(F)(F)C(=O)N(C)C. The summed E-state index contributed by atoms with van der Waals surface area (Å²) in [4.78, 5) is 11.7. The molecule has 0 saturated carbocycles. The number of nitriles is 1. The van der Waals surface area contributed by atoms with E-state index in [1.165, 1.54) is 21.0 Å². The van der Waals surface area contributed by atoms with Crippen LogP contribution < -0.4 is 0 Å². The highest BCUT2D eigenvalue weighted by atomic mass is 19.3. The number of carbonyl (C=O) groups is 1. The molecule has 0 fully saturated rings. The number of halogens is 2. The van der Waals surface area contributed by atoms with Gasteiger partial charge in [0, 0.05) is 26.4 Å². The number of amides is 1. The van der Waals surface area contributed by atoms with Gasteiger partial charge in [0.1, 0.15) is 0 Å². The van der Waals surface area contributed by atoms with Gasteiger partial charge in [-0.15, -0.1) is 0 Å². The maximum absolute atomic E-state index is 13.0. The van der Waals surface area contributed by atoms with Gasteiger partial charge in [0.25, 0.3) is 5.91 Å². The van der Waals surface area contributed by atoms with Gasteiger partial charge in [-0.3, -0.25) is 4.79 Å². The molecule has 0 aliphatic rings. The Morgan fingerprint density at radius 3 is 2.38 bits per heavy atom. The quantitative estimate of drug-likeness (QED) is 0.672. The lowest BCUT2D eigenvalue weighted by molar-refractivity contribution is -0.156. The normalized spacial score (nSPS) is 13.2. The zero-order valence-electron chi connectivity index (χ0n) is 7.84. The third-order valence-electron chi connectivity index (χ3n) is 1.50. The molecule has 0 rings (SSSR count). The Morgan fingerprint density at radius 2 is 2.08 bits per heavy atom. The number of rotatable bonds is 3. The van der Waals surface area contributed by atoms with Gasteiger partial charge in [0.05, 0.1) is 6.07 Å². The van der Waals surface area contributed by atoms with Gasteiger partial charge in [0.15, 0.2) is 0 Å². The number of alkyl halides is 2. The molecule has 0 aromatic heterocycles. The van der Waals surface area contributed by atoms with Gasteiger partial charge in [-0.1, -0.05) is 0 Å². The van der Waals surface area contributed by atoms with E-state index in [0.717, 1.165) is 4.90 Å². The van der Waals surface area contributed by atoms with Gasteiger partial charge in [0.2, 0.25) is 0 Å². The van der Waals surface area contributed by atoms with Crippen molar-refractivity contribution in [2.75, 3.05) is 14.1 Å². The number of hydrogen-bond acceptors (Lipinski definition) is 2. The second-order valence-electron chi connectivity index (χ2n) is 3.14. The smallest absolute Gasteiger partial charge is 0.326 e. The Kier molecular flexibility index (Phi) is 3.79. The van der Waals surface area contributed by atoms with Gasteiger partial charge in [-0.2, -0.15) is 14.0 Å². The molecule has 1 amide bonds. The fourth-order valence-corrected chi connectivity index (χ4v) is 0.845. The Bertz CT molecular complexity index is 233. The van der Waals surface area contributed by atoms with Crippen LogP contribution in [0.4, 0.5) is 8.78 Å². The molecule has 0 aliphatic heterocycles. The van der Waals surface area contributed by atoms with Crippen LogP contribution in [0.3, 0.4) is 0 Å². The summed E-state index contributed by atoms with van der Waals surface area (Å²) in [7, 11) is 2.51. The lowest BCUT2D eigenvalue weighted by Crippen LogP contribution is -2.40. The highest BCUT2D eigenvalue weighted by Crippen LogP contribution is 2.24. The largest absolute Gasteiger partial charge is 0.344 e. The average Bonchev–Trinajstić information content (AvgIpc) is 2.01. The summed E-state index contributed by atoms with van der Waals surface area (Å²) < 4.78 is 25.9. The Hall–Kier alpha value is -1.18. The molecule has 0 radical (unpaired) electrons. The molecule has 0 aliphatic carbocycles. The maximum atomic E-state index is 13.0. The van der Waals surface area contributed by atoms with Crippen molar-refractivity contribution in [3.8, 4) is 6.07 Å². The van der Waals surface area contributed by atoms with E-state index in [1.54, 1.807) is 6.07 Å². The van der Waals surface area contributed by atoms with Crippen molar-refractivity contribution in [2.45, 2.75) is 19.3 Å². The molecular weight excluding hydrogens is 178 g/mol. The summed E-state index contributed by atoms with van der Waals surface area (Å²) in [5.74, 6) is -5.51. The fourth-order valence-electron chi connectivity index (χ4n) is 0.845. The van der Waals surface area contributed by atoms with Crippen LogP contribution in [0, 0.1) is 17.2 Å². The number of carbonyl (C=O) groups excluding carboxylic acids is 1. The molecule has 0 N–H and O–H groups in total. The van der Waals surface area contributed by atoms with Crippen molar-refractivity contribution in [2.24, 2.45) is 5.92 Å². The summed E-state index contributed by atoms with van der Waals surface area (Å²) in [5, 5.41) is 8.31. The van der Waals surface area contributed by atoms with Crippen molar-refractivity contribution in [3.63, 3.8) is 0 Å². The standard InChI is InChI=1S/C8H12F2N2O/c1-6(5-11)4-8(9,10)7(13)12(2)3/h6H,4H2,1-3H3. The van der Waals surface area contributed by atoms with Crippen LogP contribution in [0.5, 0.6) is 0 Å². The third kappa shape index (κ3) is 3.36. The third-order valence-corrected chi connectivity index (χ3v) is 1.50. The first-order valence-corrected chi connectivity index (χ1v) is 3.80. The monoisotopic (exact) mass is 190 g/mol. The van der Waals surface area contributed by atoms with E-state index in [-0.39, 0.29) is 0 Å². The topological polar surface area (TPSA) is 44.1 Å². The zero-order chi connectivity index (χ0) is 10.6. The maximum Gasteiger partial charge on any atom is 0.326 e. The molecule has 5 heteroatoms. The fraction of sp³-hybridized carbons (Fsp3) is 0.750. The molecule has 3 nitrogen and oxygen atoms in total. The molecule has 0 bridgehead atoms. The second kappa shape index (κ2) is 4.17. The number of hydrogen-bond donors (Lipinski definition) is 0. The first-order chi connectivity index (χ1) is 5.81. The highest BCUT2D eigenvalue weighted by molar-refractivity contribution is 5.82. The molecule has 0 aromatic rings. The predicted molar refractivity (Wildman–Crippen MR) is 43.0 cm³/mol. The van der Waals surface area contributed by atoms with E-state index in [1.807, 2.05) is 0 Å². The van der Waals surface area contributed by atoms with Crippen LogP contribution in [-0.4, -0.2) is 30.8 Å². The van der Waals surface area contributed by atoms with Crippen LogP contribution in [0.25, 0.3) is 0 Å². The zero-order valence-corrected chi connectivity index (χ0v) is 7.84. The molecule has 0 spiro atoms. The summed E-state index contributed by atoms with van der Waals surface area (Å²) in [6.07, 6.45) is -0.722. The lowest BCUT2D eigenvalue weighted by Gasteiger charge is -2.20. The van der Waals surface area contributed by atoms with E-state index >= 15 is 0 Å². The van der Waals surface area contributed by atoms with Crippen LogP contribution >= 0.6 is 0 Å². The molecule has 0 heterocycles. The van der Waals surface area contributed by atoms with Crippen LogP contribution in [0.1, 0.15) is 13.3 Å². The van der Waals surface area contributed by atoms with Crippen molar-refractivity contribution < 1.29 is 13.6 Å². The molecular formula is C8H12F2N2O. The predicted octanol–water partition coefficient (Wildman–Crippen LogP) is 1.26. The Labute approximate surface area is 75.9 Å². The molecule has 0 aromatic carbocycles. The summed E-state index contributed by atoms with van der Waals surface area (Å²) >= 11 is 0. The molecule has 74 valence electrons. The summed E-state index contributed by atoms with van der Waals surface area (Å²) in [5.41, 5.74) is 0. The van der Waals surface area contributed by atoms with Crippen LogP contribution in [-0.2, 0) is 4.79 Å². The first-order valence-electron chi connectivity index (χ1n) is 3.80. The minimum Gasteiger partial charge on any atom is -0.344 e. The second-order valence-corrected chi connectivity index (χ2v) is 3.14. The summed E-state index contributed by atoms with van der Waals surface area (Å²) in [6.45, 7) is 1.36. The Morgan fingerprint density at radius 1 is 1.62 bits per heavy atom. The molecule has 1 unspecified atom stereocenters. The van der Waals surface area contributed by atoms with Crippen molar-refractivity contribution in [1.29, 1.82) is 5.26 Å². The van der Waals surface area contributed by atoms with Crippen LogP contribution in [0.15, 0.2) is 0 Å². The minimum atomic E-state index is -3.43. The van der Waals surface area contributed by atoms with E-state index in [2.05, 4.69) is 0 Å². The van der Waals surface area contributed by atoms with E-state index in [0.29, 0.717) is 0 Å². The molecule has 1 atom stereocenters. The number of nitrogens with zero attached hydrogens (tertiary/aromatic N) is 2. The van der Waals surface area contributed by atoms with Gasteiger partial charge in [-0.05, 0) is 6.92 Å². The van der Waals surface area contributed by atoms with Gasteiger partial charge in [-0.25, -0.2) is 0 Å². The summed E-state index contributed by atoms with van der Waals surface area (Å²) in [6, 6.07) is 1.66. The van der Waals surface area contributed by atoms with Gasteiger partial charge >= 0.3 is 5.92 Å².